The van der Waals surface area contributed by atoms with Crippen LogP contribution in [0.2, 0.25) is 0 Å². The lowest BCUT2D eigenvalue weighted by Crippen LogP contribution is -2.28. The van der Waals surface area contributed by atoms with E-state index < -0.39 is 0 Å². The van der Waals surface area contributed by atoms with Gasteiger partial charge in [0, 0.05) is 10.9 Å². The maximum absolute atomic E-state index is 3.74. The Morgan fingerprint density at radius 2 is 1.70 bits per heavy atom. The monoisotopic (exact) mass is 291 g/mol. The van der Waals surface area contributed by atoms with Gasteiger partial charge in [-0.3, -0.25) is 0 Å². The largest absolute Gasteiger partial charge is 0.310 e. The molecule has 1 aliphatic rings. The fourth-order valence-corrected chi connectivity index (χ4v) is 4.02. The first-order valence-electron chi connectivity index (χ1n) is 8.31. The number of nitrogens with one attached hydrogen (secondary N) is 1. The van der Waals surface area contributed by atoms with E-state index in [0.717, 1.165) is 18.2 Å². The summed E-state index contributed by atoms with van der Waals surface area (Å²) in [5.41, 5.74) is 1.49. The van der Waals surface area contributed by atoms with Crippen molar-refractivity contribution < 1.29 is 0 Å². The molecule has 2 rings (SSSR count). The molecule has 0 saturated heterocycles. The molecular weight excluding hydrogens is 262 g/mol. The second kappa shape index (κ2) is 8.74. The molecule has 0 amide bonds. The highest BCUT2D eigenvalue weighted by molar-refractivity contribution is 7.99. The molecule has 20 heavy (non-hydrogen) atoms. The predicted molar refractivity (Wildman–Crippen MR) is 90.4 cm³/mol. The Hall–Kier alpha value is -0.470. The third kappa shape index (κ3) is 4.53. The van der Waals surface area contributed by atoms with Gasteiger partial charge in [0.05, 0.1) is 0 Å². The van der Waals surface area contributed by atoms with E-state index in [0.29, 0.717) is 6.04 Å². The Morgan fingerprint density at radius 3 is 2.25 bits per heavy atom. The summed E-state index contributed by atoms with van der Waals surface area (Å²) in [5.74, 6) is 1.97. The van der Waals surface area contributed by atoms with Crippen LogP contribution in [0.4, 0.5) is 0 Å². The second-order valence-electron chi connectivity index (χ2n) is 5.79. The summed E-state index contributed by atoms with van der Waals surface area (Å²) in [4.78, 5) is 1.40. The molecule has 1 aromatic carbocycles. The Bertz CT molecular complexity index is 366. The fourth-order valence-electron chi connectivity index (χ4n) is 3.36. The molecule has 1 N–H and O–H groups in total. The molecule has 0 spiro atoms. The van der Waals surface area contributed by atoms with E-state index in [4.69, 9.17) is 0 Å². The van der Waals surface area contributed by atoms with Gasteiger partial charge in [0.15, 0.2) is 0 Å². The lowest BCUT2D eigenvalue weighted by Gasteiger charge is -2.27. The second-order valence-corrected chi connectivity index (χ2v) is 7.13. The smallest absolute Gasteiger partial charge is 0.0348 e. The van der Waals surface area contributed by atoms with Crippen LogP contribution in [0.15, 0.2) is 29.2 Å². The molecule has 1 aliphatic carbocycles. The molecule has 1 nitrogen and oxygen atoms in total. The summed E-state index contributed by atoms with van der Waals surface area (Å²) in [6.45, 7) is 5.50. The molecule has 0 bridgehead atoms. The van der Waals surface area contributed by atoms with E-state index in [1.54, 1.807) is 0 Å². The lowest BCUT2D eigenvalue weighted by atomic mass is 9.87. The van der Waals surface area contributed by atoms with Crippen molar-refractivity contribution in [1.29, 1.82) is 0 Å². The van der Waals surface area contributed by atoms with Crippen LogP contribution in [-0.4, -0.2) is 12.3 Å². The number of thioether (sulfide) groups is 1. The summed E-state index contributed by atoms with van der Waals surface area (Å²) in [5, 5.41) is 3.74. The third-order valence-electron chi connectivity index (χ3n) is 4.35. The quantitative estimate of drug-likeness (QED) is 0.555. The van der Waals surface area contributed by atoms with E-state index >= 15 is 0 Å². The van der Waals surface area contributed by atoms with Gasteiger partial charge in [-0.15, -0.1) is 11.8 Å². The lowest BCUT2D eigenvalue weighted by molar-refractivity contribution is 0.330. The molecule has 0 radical (unpaired) electrons. The zero-order valence-corrected chi connectivity index (χ0v) is 13.8. The predicted octanol–water partition coefficient (Wildman–Crippen LogP) is 5.42. The van der Waals surface area contributed by atoms with E-state index in [1.165, 1.54) is 49.0 Å². The molecule has 1 fully saturated rings. The Kier molecular flexibility index (Phi) is 6.95. The van der Waals surface area contributed by atoms with Crippen LogP contribution in [0, 0.1) is 5.92 Å². The van der Waals surface area contributed by atoms with E-state index in [-0.39, 0.29) is 0 Å². The normalized spacial score (nSPS) is 18.7. The number of rotatable bonds is 6. The Balaban J connectivity index is 2.09. The van der Waals surface area contributed by atoms with Crippen molar-refractivity contribution in [3.05, 3.63) is 29.8 Å². The van der Waals surface area contributed by atoms with Crippen LogP contribution >= 0.6 is 11.8 Å². The number of benzene rings is 1. The van der Waals surface area contributed by atoms with E-state index in [9.17, 15) is 0 Å². The number of hydrogen-bond donors (Lipinski definition) is 1. The van der Waals surface area contributed by atoms with E-state index in [1.807, 2.05) is 11.8 Å². The first-order chi connectivity index (χ1) is 9.85. The SMILES string of the molecule is CCNC(c1ccc(SCC)cc1)C1CCCCCC1. The average molecular weight is 292 g/mol. The topological polar surface area (TPSA) is 12.0 Å². The highest BCUT2D eigenvalue weighted by atomic mass is 32.2. The average Bonchev–Trinajstić information content (AvgIpc) is 2.75. The summed E-state index contributed by atoms with van der Waals surface area (Å²) < 4.78 is 0. The van der Waals surface area contributed by atoms with Gasteiger partial charge in [-0.25, -0.2) is 0 Å². The van der Waals surface area contributed by atoms with Gasteiger partial charge in [0.25, 0.3) is 0 Å². The van der Waals surface area contributed by atoms with Crippen LogP contribution in [-0.2, 0) is 0 Å². The van der Waals surface area contributed by atoms with Gasteiger partial charge in [0.2, 0.25) is 0 Å². The molecule has 0 heterocycles. The Morgan fingerprint density at radius 1 is 1.05 bits per heavy atom. The van der Waals surface area contributed by atoms with Gasteiger partial charge in [0.1, 0.15) is 0 Å². The van der Waals surface area contributed by atoms with Crippen LogP contribution in [0.1, 0.15) is 64.0 Å². The molecule has 0 aliphatic heterocycles. The molecule has 1 atom stereocenters. The molecule has 0 aromatic heterocycles. The van der Waals surface area contributed by atoms with Crippen molar-refractivity contribution >= 4 is 11.8 Å². The maximum Gasteiger partial charge on any atom is 0.0348 e. The fraction of sp³-hybridized carbons (Fsp3) is 0.667. The summed E-state index contributed by atoms with van der Waals surface area (Å²) in [6.07, 6.45) is 8.47. The molecule has 2 heteroatoms. The maximum atomic E-state index is 3.74. The minimum Gasteiger partial charge on any atom is -0.310 e. The summed E-state index contributed by atoms with van der Waals surface area (Å²) in [7, 11) is 0. The molecule has 1 aromatic rings. The van der Waals surface area contributed by atoms with Gasteiger partial charge >= 0.3 is 0 Å². The minimum absolute atomic E-state index is 0.554. The zero-order chi connectivity index (χ0) is 14.2. The molecule has 1 unspecified atom stereocenters. The highest BCUT2D eigenvalue weighted by Crippen LogP contribution is 2.34. The highest BCUT2D eigenvalue weighted by Gasteiger charge is 2.23. The number of hydrogen-bond acceptors (Lipinski definition) is 2. The van der Waals surface area contributed by atoms with Crippen molar-refractivity contribution in [3.8, 4) is 0 Å². The van der Waals surface area contributed by atoms with E-state index in [2.05, 4.69) is 43.4 Å². The van der Waals surface area contributed by atoms with Crippen molar-refractivity contribution in [1.82, 2.24) is 5.32 Å². The first-order valence-corrected chi connectivity index (χ1v) is 9.29. The van der Waals surface area contributed by atoms with Crippen molar-refractivity contribution in [2.45, 2.75) is 63.3 Å². The Labute approximate surface area is 128 Å². The standard InChI is InChI=1S/C18H29NS/c1-3-19-18(15-9-7-5-6-8-10-15)16-11-13-17(14-12-16)20-4-2/h11-15,18-19H,3-10H2,1-2H3. The first kappa shape index (κ1) is 15.9. The summed E-state index contributed by atoms with van der Waals surface area (Å²) in [6, 6.07) is 9.83. The molecule has 112 valence electrons. The van der Waals surface area contributed by atoms with Crippen LogP contribution < -0.4 is 5.32 Å². The molecular formula is C18H29NS. The van der Waals surface area contributed by atoms with Gasteiger partial charge < -0.3 is 5.32 Å². The van der Waals surface area contributed by atoms with Gasteiger partial charge in [-0.05, 0) is 48.8 Å². The minimum atomic E-state index is 0.554. The van der Waals surface area contributed by atoms with Crippen LogP contribution in [0.25, 0.3) is 0 Å². The third-order valence-corrected chi connectivity index (χ3v) is 5.24. The van der Waals surface area contributed by atoms with Gasteiger partial charge in [-0.1, -0.05) is 51.7 Å². The molecule has 1 saturated carbocycles. The van der Waals surface area contributed by atoms with Gasteiger partial charge in [-0.2, -0.15) is 0 Å². The van der Waals surface area contributed by atoms with Crippen LogP contribution in [0.3, 0.4) is 0 Å². The summed E-state index contributed by atoms with van der Waals surface area (Å²) >= 11 is 1.93. The van der Waals surface area contributed by atoms with Crippen molar-refractivity contribution in [2.75, 3.05) is 12.3 Å². The van der Waals surface area contributed by atoms with Crippen LogP contribution in [0.5, 0.6) is 0 Å². The van der Waals surface area contributed by atoms with Crippen molar-refractivity contribution in [3.63, 3.8) is 0 Å². The zero-order valence-electron chi connectivity index (χ0n) is 13.0. The van der Waals surface area contributed by atoms with Crippen molar-refractivity contribution in [2.24, 2.45) is 5.92 Å².